The molecule has 8 heteroatoms. The Kier molecular flexibility index (Phi) is 5.48. The predicted octanol–water partition coefficient (Wildman–Crippen LogP) is 1.95. The molecule has 0 amide bonds. The Bertz CT molecular complexity index is 931. The highest BCUT2D eigenvalue weighted by molar-refractivity contribution is 5.75. The lowest BCUT2D eigenvalue weighted by Crippen LogP contribution is -2.45. The van der Waals surface area contributed by atoms with Crippen LogP contribution in [0.2, 0.25) is 0 Å². The lowest BCUT2D eigenvalue weighted by molar-refractivity contribution is -0.142. The van der Waals surface area contributed by atoms with Crippen molar-refractivity contribution in [1.82, 2.24) is 14.5 Å². The van der Waals surface area contributed by atoms with Crippen molar-refractivity contribution >= 4 is 11.9 Å². The second-order valence-electron chi connectivity index (χ2n) is 11.1. The van der Waals surface area contributed by atoms with Gasteiger partial charge in [0.1, 0.15) is 5.82 Å². The number of aliphatic hydroxyl groups excluding tert-OH is 1. The van der Waals surface area contributed by atoms with E-state index in [0.717, 1.165) is 63.3 Å². The van der Waals surface area contributed by atoms with E-state index in [9.17, 15) is 14.7 Å². The van der Waals surface area contributed by atoms with Gasteiger partial charge in [-0.15, -0.1) is 0 Å². The normalized spacial score (nSPS) is 39.4. The maximum Gasteiger partial charge on any atom is 0.309 e. The number of rotatable bonds is 4. The molecule has 1 aromatic rings. The molecule has 0 aromatic carbocycles. The van der Waals surface area contributed by atoms with Crippen molar-refractivity contribution in [2.24, 2.45) is 35.5 Å². The number of fused-ring (bicyclic) bond motifs is 3. The monoisotopic (exact) mass is 457 g/mol. The lowest BCUT2D eigenvalue weighted by atomic mass is 9.67. The highest BCUT2D eigenvalue weighted by Crippen LogP contribution is 2.45. The number of carbonyl (C=O) groups is 2. The van der Waals surface area contributed by atoms with E-state index < -0.39 is 6.10 Å². The SMILES string of the molecule is CC1C(C(O)CN2CCn3cc(C4CCC5C(=O)OCC5C4)nc3C2)CCC2C(=O)OCC21. The molecule has 0 radical (unpaired) electrons. The Morgan fingerprint density at radius 1 is 1.09 bits per heavy atom. The van der Waals surface area contributed by atoms with Crippen molar-refractivity contribution in [3.63, 3.8) is 0 Å². The largest absolute Gasteiger partial charge is 0.465 e. The number of hydrogen-bond acceptors (Lipinski definition) is 7. The second-order valence-corrected chi connectivity index (χ2v) is 11.1. The van der Waals surface area contributed by atoms with Gasteiger partial charge in [0, 0.05) is 43.6 Å². The van der Waals surface area contributed by atoms with Gasteiger partial charge in [-0.2, -0.15) is 0 Å². The van der Waals surface area contributed by atoms with Gasteiger partial charge in [0.15, 0.2) is 0 Å². The van der Waals surface area contributed by atoms with E-state index in [4.69, 9.17) is 14.5 Å². The molecule has 8 nitrogen and oxygen atoms in total. The van der Waals surface area contributed by atoms with E-state index >= 15 is 0 Å². The number of aliphatic hydroxyl groups is 1. The molecule has 8 unspecified atom stereocenters. The Morgan fingerprint density at radius 2 is 1.88 bits per heavy atom. The van der Waals surface area contributed by atoms with Crippen LogP contribution in [-0.2, 0) is 32.2 Å². The minimum atomic E-state index is -0.396. The van der Waals surface area contributed by atoms with E-state index in [2.05, 4.69) is 22.6 Å². The van der Waals surface area contributed by atoms with Gasteiger partial charge < -0.3 is 19.1 Å². The van der Waals surface area contributed by atoms with Crippen LogP contribution in [-0.4, -0.2) is 63.9 Å². The van der Waals surface area contributed by atoms with Crippen LogP contribution in [0.5, 0.6) is 0 Å². The number of cyclic esters (lactones) is 2. The molecule has 6 rings (SSSR count). The molecule has 4 fully saturated rings. The highest BCUT2D eigenvalue weighted by atomic mass is 16.5. The Hall–Kier alpha value is -1.93. The fraction of sp³-hybridized carbons (Fsp3) is 0.800. The fourth-order valence-corrected chi connectivity index (χ4v) is 7.32. The number of esters is 2. The van der Waals surface area contributed by atoms with Crippen molar-refractivity contribution in [2.45, 2.75) is 64.1 Å². The summed E-state index contributed by atoms with van der Waals surface area (Å²) in [5, 5.41) is 11.1. The Labute approximate surface area is 194 Å². The number of nitrogens with zero attached hydrogens (tertiary/aromatic N) is 3. The van der Waals surface area contributed by atoms with Gasteiger partial charge in [-0.1, -0.05) is 6.92 Å². The van der Waals surface area contributed by atoms with Crippen molar-refractivity contribution in [2.75, 3.05) is 26.3 Å². The molecule has 0 bridgehead atoms. The van der Waals surface area contributed by atoms with Crippen molar-refractivity contribution in [3.8, 4) is 0 Å². The molecule has 0 spiro atoms. The van der Waals surface area contributed by atoms with Crippen LogP contribution in [0.15, 0.2) is 6.20 Å². The summed E-state index contributed by atoms with van der Waals surface area (Å²) in [6, 6.07) is 0. The summed E-state index contributed by atoms with van der Waals surface area (Å²) in [6.07, 6.45) is 6.45. The van der Waals surface area contributed by atoms with E-state index in [-0.39, 0.29) is 35.6 Å². The summed E-state index contributed by atoms with van der Waals surface area (Å²) in [5.41, 5.74) is 1.16. The topological polar surface area (TPSA) is 93.9 Å². The second kappa shape index (κ2) is 8.38. The highest BCUT2D eigenvalue weighted by Gasteiger charge is 2.47. The molecule has 1 N–H and O–H groups in total. The van der Waals surface area contributed by atoms with Crippen LogP contribution in [0.25, 0.3) is 0 Å². The molecule has 180 valence electrons. The number of β-amino-alcohol motifs (C(OH)–C–C–N with tert-alkyl or cyclic N) is 1. The number of ether oxygens (including phenoxy) is 2. The molecule has 3 aliphatic heterocycles. The molecule has 5 aliphatic rings. The summed E-state index contributed by atoms with van der Waals surface area (Å²) in [7, 11) is 0. The zero-order chi connectivity index (χ0) is 22.7. The predicted molar refractivity (Wildman–Crippen MR) is 118 cm³/mol. The van der Waals surface area contributed by atoms with Crippen LogP contribution in [0.1, 0.15) is 56.5 Å². The van der Waals surface area contributed by atoms with Gasteiger partial charge in [-0.25, -0.2) is 4.98 Å². The van der Waals surface area contributed by atoms with E-state index in [1.54, 1.807) is 0 Å². The van der Waals surface area contributed by atoms with E-state index in [0.29, 0.717) is 37.5 Å². The Balaban J connectivity index is 1.07. The van der Waals surface area contributed by atoms with Crippen molar-refractivity contribution < 1.29 is 24.2 Å². The molecule has 33 heavy (non-hydrogen) atoms. The number of imidazole rings is 1. The van der Waals surface area contributed by atoms with Crippen LogP contribution < -0.4 is 0 Å². The molecule has 1 aromatic heterocycles. The maximum atomic E-state index is 11.9. The zero-order valence-electron chi connectivity index (χ0n) is 19.4. The first kappa shape index (κ1) is 21.6. The molecule has 4 heterocycles. The molecular formula is C25H35N3O5. The van der Waals surface area contributed by atoms with Gasteiger partial charge in [0.25, 0.3) is 0 Å². The first-order valence-corrected chi connectivity index (χ1v) is 12.8. The van der Waals surface area contributed by atoms with Gasteiger partial charge in [-0.3, -0.25) is 14.5 Å². The zero-order valence-corrected chi connectivity index (χ0v) is 19.4. The van der Waals surface area contributed by atoms with Crippen molar-refractivity contribution in [1.29, 1.82) is 0 Å². The van der Waals surface area contributed by atoms with Crippen LogP contribution in [0.3, 0.4) is 0 Å². The quantitative estimate of drug-likeness (QED) is 0.691. The fourth-order valence-electron chi connectivity index (χ4n) is 7.32. The third kappa shape index (κ3) is 3.79. The number of carbonyl (C=O) groups excluding carboxylic acids is 2. The summed E-state index contributed by atoms with van der Waals surface area (Å²) < 4.78 is 12.9. The minimum Gasteiger partial charge on any atom is -0.465 e. The Morgan fingerprint density at radius 3 is 2.76 bits per heavy atom. The molecule has 2 aliphatic carbocycles. The third-order valence-corrected chi connectivity index (χ3v) is 9.38. The summed E-state index contributed by atoms with van der Waals surface area (Å²) in [4.78, 5) is 31.1. The average molecular weight is 458 g/mol. The molecular weight excluding hydrogens is 422 g/mol. The average Bonchev–Trinajstić information content (AvgIpc) is 3.51. The van der Waals surface area contributed by atoms with Crippen LogP contribution in [0, 0.1) is 35.5 Å². The molecule has 2 saturated heterocycles. The van der Waals surface area contributed by atoms with Gasteiger partial charge in [0.05, 0.1) is 43.4 Å². The molecule has 2 saturated carbocycles. The first-order valence-electron chi connectivity index (χ1n) is 12.8. The number of hydrogen-bond donors (Lipinski definition) is 1. The van der Waals surface area contributed by atoms with Gasteiger partial charge >= 0.3 is 11.9 Å². The minimum absolute atomic E-state index is 0.00774. The van der Waals surface area contributed by atoms with Crippen LogP contribution in [0.4, 0.5) is 0 Å². The summed E-state index contributed by atoms with van der Waals surface area (Å²) in [5.74, 6) is 2.68. The lowest BCUT2D eigenvalue weighted by Gasteiger charge is -2.40. The summed E-state index contributed by atoms with van der Waals surface area (Å²) in [6.45, 7) is 6.47. The first-order chi connectivity index (χ1) is 16.0. The smallest absolute Gasteiger partial charge is 0.309 e. The van der Waals surface area contributed by atoms with Gasteiger partial charge in [0.2, 0.25) is 0 Å². The third-order valence-electron chi connectivity index (χ3n) is 9.38. The maximum absolute atomic E-state index is 11.9. The van der Waals surface area contributed by atoms with Gasteiger partial charge in [-0.05, 0) is 43.9 Å². The number of aromatic nitrogens is 2. The van der Waals surface area contributed by atoms with E-state index in [1.807, 2.05) is 0 Å². The van der Waals surface area contributed by atoms with Crippen LogP contribution >= 0.6 is 0 Å². The molecule has 8 atom stereocenters. The standard InChI is InChI=1S/C25H35N3O5/c1-14-17(4-5-19-20(14)13-33-25(19)31)22(29)10-27-6-7-28-9-21(26-23(28)11-27)15-2-3-18-16(8-15)12-32-24(18)30/h9,14-20,22,29H,2-8,10-13H2,1H3. The van der Waals surface area contributed by atoms with E-state index in [1.165, 1.54) is 0 Å². The van der Waals surface area contributed by atoms with Crippen molar-refractivity contribution in [3.05, 3.63) is 17.7 Å². The summed E-state index contributed by atoms with van der Waals surface area (Å²) >= 11 is 0.